The van der Waals surface area contributed by atoms with Crippen LogP contribution in [0, 0.1) is 5.92 Å². The fourth-order valence-electron chi connectivity index (χ4n) is 1.85. The number of carbonyl (C=O) groups is 3. The highest BCUT2D eigenvalue weighted by molar-refractivity contribution is 6.30. The van der Waals surface area contributed by atoms with Gasteiger partial charge in [-0.25, -0.2) is 0 Å². The predicted molar refractivity (Wildman–Crippen MR) is 72.3 cm³/mol. The largest absolute Gasteiger partial charge is 0.352 e. The lowest BCUT2D eigenvalue weighted by molar-refractivity contribution is -0.128. The molecule has 6 nitrogen and oxygen atoms in total. The Kier molecular flexibility index (Phi) is 4.57. The standard InChI is InChI=1S/C13H14ClN3O3/c14-9-3-1-8(2-4-9)7-15-11(18)6-5-10-12(19)16-17-13(10)20/h1-4,10H,5-7H2,(H,15,18)(H,16,19)(H,17,20). The van der Waals surface area contributed by atoms with Crippen molar-refractivity contribution < 1.29 is 14.4 Å². The van der Waals surface area contributed by atoms with Gasteiger partial charge in [-0.15, -0.1) is 0 Å². The van der Waals surface area contributed by atoms with Gasteiger partial charge in [-0.1, -0.05) is 23.7 Å². The molecule has 0 atom stereocenters. The van der Waals surface area contributed by atoms with Gasteiger partial charge in [0.15, 0.2) is 0 Å². The summed E-state index contributed by atoms with van der Waals surface area (Å²) < 4.78 is 0. The van der Waals surface area contributed by atoms with E-state index in [0.717, 1.165) is 5.56 Å². The number of amides is 3. The van der Waals surface area contributed by atoms with Gasteiger partial charge in [0.25, 0.3) is 11.8 Å². The van der Waals surface area contributed by atoms with Crippen molar-refractivity contribution in [3.8, 4) is 0 Å². The van der Waals surface area contributed by atoms with E-state index in [1.807, 2.05) is 12.1 Å². The second-order valence-electron chi connectivity index (χ2n) is 4.47. The molecule has 7 heteroatoms. The first kappa shape index (κ1) is 14.3. The molecule has 1 saturated heterocycles. The average Bonchev–Trinajstić information content (AvgIpc) is 2.75. The second kappa shape index (κ2) is 6.38. The van der Waals surface area contributed by atoms with Crippen molar-refractivity contribution in [3.05, 3.63) is 34.9 Å². The summed E-state index contributed by atoms with van der Waals surface area (Å²) in [6.07, 6.45) is 0.323. The van der Waals surface area contributed by atoms with Crippen LogP contribution in [0.5, 0.6) is 0 Å². The summed E-state index contributed by atoms with van der Waals surface area (Å²) in [7, 11) is 0. The maximum absolute atomic E-state index is 11.7. The van der Waals surface area contributed by atoms with E-state index in [2.05, 4.69) is 16.2 Å². The first-order valence-electron chi connectivity index (χ1n) is 6.17. The van der Waals surface area contributed by atoms with Crippen LogP contribution in [0.2, 0.25) is 5.02 Å². The van der Waals surface area contributed by atoms with Crippen LogP contribution in [0.15, 0.2) is 24.3 Å². The van der Waals surface area contributed by atoms with Gasteiger partial charge in [-0.3, -0.25) is 25.2 Å². The molecule has 3 N–H and O–H groups in total. The quantitative estimate of drug-likeness (QED) is 0.692. The van der Waals surface area contributed by atoms with Crippen molar-refractivity contribution in [3.63, 3.8) is 0 Å². The van der Waals surface area contributed by atoms with E-state index in [4.69, 9.17) is 11.6 Å². The van der Waals surface area contributed by atoms with Crippen LogP contribution in [-0.2, 0) is 20.9 Å². The lowest BCUT2D eigenvalue weighted by Gasteiger charge is -2.06. The average molecular weight is 296 g/mol. The van der Waals surface area contributed by atoms with E-state index in [-0.39, 0.29) is 30.6 Å². The van der Waals surface area contributed by atoms with Crippen LogP contribution in [0.3, 0.4) is 0 Å². The Morgan fingerprint density at radius 3 is 2.35 bits per heavy atom. The summed E-state index contributed by atoms with van der Waals surface area (Å²) in [5, 5.41) is 3.36. The molecule has 1 aromatic carbocycles. The van der Waals surface area contributed by atoms with Crippen molar-refractivity contribution in [2.45, 2.75) is 19.4 Å². The number of benzene rings is 1. The van der Waals surface area contributed by atoms with Gasteiger partial charge in [0, 0.05) is 18.0 Å². The number of nitrogens with one attached hydrogen (secondary N) is 3. The first-order chi connectivity index (χ1) is 9.56. The number of hydrazine groups is 1. The molecule has 0 saturated carbocycles. The third-order valence-electron chi connectivity index (χ3n) is 3.00. The highest BCUT2D eigenvalue weighted by atomic mass is 35.5. The third-order valence-corrected chi connectivity index (χ3v) is 3.26. The molecule has 0 unspecified atom stereocenters. The number of hydrogen-bond acceptors (Lipinski definition) is 3. The van der Waals surface area contributed by atoms with Crippen LogP contribution in [0.4, 0.5) is 0 Å². The van der Waals surface area contributed by atoms with E-state index in [9.17, 15) is 14.4 Å². The van der Waals surface area contributed by atoms with Crippen molar-refractivity contribution in [1.29, 1.82) is 0 Å². The van der Waals surface area contributed by atoms with Crippen LogP contribution >= 0.6 is 11.6 Å². The molecule has 0 aliphatic carbocycles. The molecule has 1 heterocycles. The minimum Gasteiger partial charge on any atom is -0.352 e. The van der Waals surface area contributed by atoms with E-state index < -0.39 is 5.92 Å². The zero-order chi connectivity index (χ0) is 14.5. The number of rotatable bonds is 5. The van der Waals surface area contributed by atoms with Gasteiger partial charge in [0.1, 0.15) is 5.92 Å². The molecule has 1 aliphatic rings. The Balaban J connectivity index is 1.74. The molecule has 3 amide bonds. The van der Waals surface area contributed by atoms with Crippen LogP contribution < -0.4 is 16.2 Å². The second-order valence-corrected chi connectivity index (χ2v) is 4.91. The Morgan fingerprint density at radius 1 is 1.15 bits per heavy atom. The van der Waals surface area contributed by atoms with E-state index in [0.29, 0.717) is 11.6 Å². The fraction of sp³-hybridized carbons (Fsp3) is 0.308. The zero-order valence-corrected chi connectivity index (χ0v) is 11.4. The number of carbonyl (C=O) groups excluding carboxylic acids is 3. The van der Waals surface area contributed by atoms with Gasteiger partial charge in [0.05, 0.1) is 0 Å². The normalized spacial score (nSPS) is 14.8. The molecule has 1 aromatic rings. The molecule has 20 heavy (non-hydrogen) atoms. The monoisotopic (exact) mass is 295 g/mol. The van der Waals surface area contributed by atoms with Crippen molar-refractivity contribution in [2.75, 3.05) is 0 Å². The van der Waals surface area contributed by atoms with Gasteiger partial charge in [-0.2, -0.15) is 0 Å². The van der Waals surface area contributed by atoms with Crippen LogP contribution in [-0.4, -0.2) is 17.7 Å². The first-order valence-corrected chi connectivity index (χ1v) is 6.55. The van der Waals surface area contributed by atoms with Gasteiger partial charge in [-0.05, 0) is 24.1 Å². The summed E-state index contributed by atoms with van der Waals surface area (Å²) in [6, 6.07) is 7.13. The third kappa shape index (κ3) is 3.71. The molecular weight excluding hydrogens is 282 g/mol. The highest BCUT2D eigenvalue weighted by Gasteiger charge is 2.32. The number of halogens is 1. The molecule has 0 radical (unpaired) electrons. The van der Waals surface area contributed by atoms with Gasteiger partial charge >= 0.3 is 0 Å². The minimum absolute atomic E-state index is 0.124. The fourth-order valence-corrected chi connectivity index (χ4v) is 1.97. The highest BCUT2D eigenvalue weighted by Crippen LogP contribution is 2.11. The summed E-state index contributed by atoms with van der Waals surface area (Å²) in [6.45, 7) is 0.388. The Bertz CT molecular complexity index is 514. The molecule has 2 rings (SSSR count). The van der Waals surface area contributed by atoms with Crippen LogP contribution in [0.1, 0.15) is 18.4 Å². The van der Waals surface area contributed by atoms with Crippen molar-refractivity contribution >= 4 is 29.3 Å². The van der Waals surface area contributed by atoms with E-state index >= 15 is 0 Å². The molecule has 0 spiro atoms. The SMILES string of the molecule is O=C(CCC1C(=O)NNC1=O)NCc1ccc(Cl)cc1. The summed E-state index contributed by atoms with van der Waals surface area (Å²) >= 11 is 5.76. The molecule has 106 valence electrons. The smallest absolute Gasteiger partial charge is 0.251 e. The maximum atomic E-state index is 11.7. The minimum atomic E-state index is -0.781. The van der Waals surface area contributed by atoms with E-state index in [1.54, 1.807) is 12.1 Å². The zero-order valence-electron chi connectivity index (χ0n) is 10.6. The molecular formula is C13H14ClN3O3. The molecule has 1 aliphatic heterocycles. The van der Waals surface area contributed by atoms with E-state index in [1.165, 1.54) is 0 Å². The summed E-state index contributed by atoms with van der Waals surface area (Å²) in [5.74, 6) is -1.76. The summed E-state index contributed by atoms with van der Waals surface area (Å²) in [5.41, 5.74) is 5.38. The topological polar surface area (TPSA) is 87.3 Å². The Labute approximate surface area is 120 Å². The predicted octanol–water partition coefficient (Wildman–Crippen LogP) is 0.514. The van der Waals surface area contributed by atoms with Crippen LogP contribution in [0.25, 0.3) is 0 Å². The lowest BCUT2D eigenvalue weighted by atomic mass is 10.0. The van der Waals surface area contributed by atoms with Gasteiger partial charge < -0.3 is 5.32 Å². The Morgan fingerprint density at radius 2 is 1.75 bits per heavy atom. The molecule has 0 bridgehead atoms. The van der Waals surface area contributed by atoms with Gasteiger partial charge in [0.2, 0.25) is 5.91 Å². The van der Waals surface area contributed by atoms with Crippen molar-refractivity contribution in [1.82, 2.24) is 16.2 Å². The lowest BCUT2D eigenvalue weighted by Crippen LogP contribution is -2.28. The Hall–Kier alpha value is -2.08. The summed E-state index contributed by atoms with van der Waals surface area (Å²) in [4.78, 5) is 34.2. The molecule has 1 fully saturated rings. The maximum Gasteiger partial charge on any atom is 0.251 e. The molecule has 0 aromatic heterocycles. The number of hydrogen-bond donors (Lipinski definition) is 3. The van der Waals surface area contributed by atoms with Crippen molar-refractivity contribution in [2.24, 2.45) is 5.92 Å².